The molecule has 0 amide bonds. The number of hydrogen-bond acceptors (Lipinski definition) is 5. The molecule has 1 aliphatic heterocycles. The van der Waals surface area contributed by atoms with E-state index in [0.29, 0.717) is 19.0 Å². The van der Waals surface area contributed by atoms with Gasteiger partial charge in [-0.05, 0) is 31.9 Å². The van der Waals surface area contributed by atoms with Crippen LogP contribution in [0.25, 0.3) is 0 Å². The van der Waals surface area contributed by atoms with Gasteiger partial charge >= 0.3 is 0 Å². The molecule has 0 atom stereocenters. The Morgan fingerprint density at radius 1 is 1.14 bits per heavy atom. The van der Waals surface area contributed by atoms with Crippen molar-refractivity contribution in [3.8, 4) is 0 Å². The maximum atomic E-state index is 12.2. The van der Waals surface area contributed by atoms with Gasteiger partial charge < -0.3 is 15.4 Å². The quantitative estimate of drug-likeness (QED) is 0.522. The highest BCUT2D eigenvalue weighted by atomic mass is 32.2. The third-order valence-corrected chi connectivity index (χ3v) is 7.49. The fourth-order valence-corrected chi connectivity index (χ4v) is 3.88. The molecule has 28 heavy (non-hydrogen) atoms. The maximum absolute atomic E-state index is 12.2. The average Bonchev–Trinajstić information content (AvgIpc) is 2.65. The summed E-state index contributed by atoms with van der Waals surface area (Å²) in [5, 5.41) is 6.39. The van der Waals surface area contributed by atoms with Crippen LogP contribution in [0.15, 0.2) is 29.3 Å². The number of benzene rings is 1. The van der Waals surface area contributed by atoms with Crippen LogP contribution in [-0.4, -0.2) is 69.7 Å². The number of nitrogens with one attached hydrogen (secondary N) is 2. The number of guanidine groups is 1. The lowest BCUT2D eigenvalue weighted by atomic mass is 10.1. The third-order valence-electron chi connectivity index (χ3n) is 4.88. The highest BCUT2D eigenvalue weighted by molar-refractivity contribution is 7.92. The molecule has 0 aliphatic carbocycles. The van der Waals surface area contributed by atoms with E-state index in [1.165, 1.54) is 11.1 Å². The summed E-state index contributed by atoms with van der Waals surface area (Å²) in [6, 6.07) is 8.36. The van der Waals surface area contributed by atoms with Gasteiger partial charge in [-0.2, -0.15) is 0 Å². The molecule has 1 aromatic carbocycles. The van der Waals surface area contributed by atoms with Crippen LogP contribution in [0.5, 0.6) is 0 Å². The summed E-state index contributed by atoms with van der Waals surface area (Å²) in [5.41, 5.74) is 2.49. The van der Waals surface area contributed by atoms with Crippen LogP contribution in [0.1, 0.15) is 31.9 Å². The van der Waals surface area contributed by atoms with Crippen LogP contribution in [0.3, 0.4) is 0 Å². The van der Waals surface area contributed by atoms with Crippen molar-refractivity contribution in [1.82, 2.24) is 15.5 Å². The van der Waals surface area contributed by atoms with Crippen molar-refractivity contribution in [3.63, 3.8) is 0 Å². The van der Waals surface area contributed by atoms with Crippen molar-refractivity contribution in [1.29, 1.82) is 0 Å². The highest BCUT2D eigenvalue weighted by Crippen LogP contribution is 2.15. The first-order valence-corrected chi connectivity index (χ1v) is 11.4. The van der Waals surface area contributed by atoms with E-state index in [-0.39, 0.29) is 5.75 Å². The maximum Gasteiger partial charge on any atom is 0.191 e. The van der Waals surface area contributed by atoms with Gasteiger partial charge in [0, 0.05) is 39.8 Å². The molecule has 158 valence electrons. The van der Waals surface area contributed by atoms with Gasteiger partial charge in [-0.15, -0.1) is 0 Å². The van der Waals surface area contributed by atoms with E-state index in [4.69, 9.17) is 4.74 Å². The Balaban J connectivity index is 1.88. The minimum atomic E-state index is -3.15. The van der Waals surface area contributed by atoms with Crippen molar-refractivity contribution < 1.29 is 13.2 Å². The summed E-state index contributed by atoms with van der Waals surface area (Å²) in [5.74, 6) is 0.676. The minimum Gasteiger partial charge on any atom is -0.379 e. The fourth-order valence-electron chi connectivity index (χ4n) is 2.89. The predicted octanol–water partition coefficient (Wildman–Crippen LogP) is 1.40. The van der Waals surface area contributed by atoms with E-state index in [0.717, 1.165) is 32.8 Å². The zero-order chi connectivity index (χ0) is 20.6. The van der Waals surface area contributed by atoms with Crippen LogP contribution in [0, 0.1) is 0 Å². The zero-order valence-electron chi connectivity index (χ0n) is 17.5. The van der Waals surface area contributed by atoms with Gasteiger partial charge in [0.05, 0.1) is 23.7 Å². The summed E-state index contributed by atoms with van der Waals surface area (Å²) in [4.78, 5) is 6.60. The molecule has 7 nitrogen and oxygen atoms in total. The number of hydrogen-bond donors (Lipinski definition) is 2. The first kappa shape index (κ1) is 22.6. The Morgan fingerprint density at radius 2 is 1.79 bits per heavy atom. The molecular formula is C20H34N4O3S. The third kappa shape index (κ3) is 6.76. The Morgan fingerprint density at radius 3 is 2.39 bits per heavy atom. The minimum absolute atomic E-state index is 0.0742. The van der Waals surface area contributed by atoms with Gasteiger partial charge in [0.2, 0.25) is 0 Å². The van der Waals surface area contributed by atoms with Crippen LogP contribution in [0.4, 0.5) is 0 Å². The van der Waals surface area contributed by atoms with Gasteiger partial charge in [0.15, 0.2) is 15.8 Å². The average molecular weight is 411 g/mol. The molecule has 1 fully saturated rings. The molecule has 0 bridgehead atoms. The Hall–Kier alpha value is -1.64. The van der Waals surface area contributed by atoms with Crippen LogP contribution in [0.2, 0.25) is 0 Å². The van der Waals surface area contributed by atoms with Crippen molar-refractivity contribution >= 4 is 15.8 Å². The molecular weight excluding hydrogens is 376 g/mol. The number of morpholine rings is 1. The normalized spacial score (nSPS) is 16.8. The summed E-state index contributed by atoms with van der Waals surface area (Å²) < 4.78 is 29.1. The standard InChI is InChI=1S/C20H34N4O3S/c1-20(2,3)28(25,26)14-9-22-19(21-4)23-15-17-7-5-6-8-18(17)16-24-10-12-27-13-11-24/h5-8H,9-16H2,1-4H3,(H2,21,22,23). The number of ether oxygens (including phenoxy) is 1. The van der Waals surface area contributed by atoms with E-state index in [1.54, 1.807) is 27.8 Å². The topological polar surface area (TPSA) is 83.0 Å². The highest BCUT2D eigenvalue weighted by Gasteiger charge is 2.28. The molecule has 0 spiro atoms. The molecule has 1 saturated heterocycles. The summed E-state index contributed by atoms with van der Waals surface area (Å²) in [6.07, 6.45) is 0. The van der Waals surface area contributed by atoms with Crippen molar-refractivity contribution in [2.24, 2.45) is 4.99 Å². The Labute approximate surface area is 169 Å². The van der Waals surface area contributed by atoms with Crippen LogP contribution in [-0.2, 0) is 27.7 Å². The van der Waals surface area contributed by atoms with Gasteiger partial charge in [-0.25, -0.2) is 8.42 Å². The fraction of sp³-hybridized carbons (Fsp3) is 0.650. The largest absolute Gasteiger partial charge is 0.379 e. The van der Waals surface area contributed by atoms with Gasteiger partial charge in [0.25, 0.3) is 0 Å². The lowest BCUT2D eigenvalue weighted by Crippen LogP contribution is -2.41. The molecule has 0 radical (unpaired) electrons. The molecule has 1 aliphatic rings. The van der Waals surface area contributed by atoms with E-state index in [9.17, 15) is 8.42 Å². The number of nitrogens with zero attached hydrogens (tertiary/aromatic N) is 2. The summed E-state index contributed by atoms with van der Waals surface area (Å²) >= 11 is 0. The van der Waals surface area contributed by atoms with Crippen LogP contribution < -0.4 is 10.6 Å². The zero-order valence-corrected chi connectivity index (χ0v) is 18.3. The number of sulfone groups is 1. The first-order valence-electron chi connectivity index (χ1n) is 9.76. The van der Waals surface area contributed by atoms with Crippen LogP contribution >= 0.6 is 0 Å². The van der Waals surface area contributed by atoms with Crippen molar-refractivity contribution in [2.45, 2.75) is 38.6 Å². The molecule has 2 rings (SSSR count). The molecule has 1 heterocycles. The lowest BCUT2D eigenvalue weighted by molar-refractivity contribution is 0.0341. The predicted molar refractivity (Wildman–Crippen MR) is 114 cm³/mol. The van der Waals surface area contributed by atoms with Gasteiger partial charge in [0.1, 0.15) is 0 Å². The lowest BCUT2D eigenvalue weighted by Gasteiger charge is -2.27. The van der Waals surface area contributed by atoms with E-state index >= 15 is 0 Å². The molecule has 0 saturated carbocycles. The molecule has 8 heteroatoms. The van der Waals surface area contributed by atoms with E-state index in [1.807, 2.05) is 6.07 Å². The van der Waals surface area contributed by atoms with E-state index < -0.39 is 14.6 Å². The summed E-state index contributed by atoms with van der Waals surface area (Å²) in [6.45, 7) is 10.5. The molecule has 2 N–H and O–H groups in total. The molecule has 0 aromatic heterocycles. The second-order valence-electron chi connectivity index (χ2n) is 7.94. The smallest absolute Gasteiger partial charge is 0.191 e. The molecule has 1 aromatic rings. The second kappa shape index (κ2) is 10.2. The monoisotopic (exact) mass is 410 g/mol. The number of rotatable bonds is 7. The molecule has 0 unspecified atom stereocenters. The summed E-state index contributed by atoms with van der Waals surface area (Å²) in [7, 11) is -1.47. The number of aliphatic imine (C=N–C) groups is 1. The van der Waals surface area contributed by atoms with Crippen molar-refractivity contribution in [2.75, 3.05) is 45.6 Å². The second-order valence-corrected chi connectivity index (χ2v) is 10.8. The Kier molecular flexibility index (Phi) is 8.27. The van der Waals surface area contributed by atoms with Gasteiger partial charge in [-0.3, -0.25) is 9.89 Å². The van der Waals surface area contributed by atoms with Crippen molar-refractivity contribution in [3.05, 3.63) is 35.4 Å². The Bertz CT molecular complexity index is 751. The first-order chi connectivity index (χ1) is 13.2. The SMILES string of the molecule is CN=C(NCCS(=O)(=O)C(C)(C)C)NCc1ccccc1CN1CCOCC1. The van der Waals surface area contributed by atoms with Gasteiger partial charge in [-0.1, -0.05) is 24.3 Å². The van der Waals surface area contributed by atoms with E-state index in [2.05, 4.69) is 38.7 Å².